The van der Waals surface area contributed by atoms with E-state index in [1.54, 1.807) is 49.6 Å². The molecule has 2 aromatic rings. The number of carbonyl (C=O) groups excluding carboxylic acids is 1. The van der Waals surface area contributed by atoms with E-state index < -0.39 is 24.2 Å². The number of carboxylic acid groups (broad SMARTS) is 1. The smallest absolute Gasteiger partial charge is 0.405 e. The van der Waals surface area contributed by atoms with Gasteiger partial charge in [-0.3, -0.25) is 0 Å². The highest BCUT2D eigenvalue weighted by Gasteiger charge is 2.33. The molecule has 2 atom stereocenters. The van der Waals surface area contributed by atoms with Gasteiger partial charge in [-0.15, -0.1) is 0 Å². The van der Waals surface area contributed by atoms with Crippen molar-refractivity contribution in [3.63, 3.8) is 0 Å². The molecule has 0 fully saturated rings. The summed E-state index contributed by atoms with van der Waals surface area (Å²) in [7, 11) is 1.57. The molecule has 8 heteroatoms. The zero-order valence-corrected chi connectivity index (χ0v) is 14.1. The summed E-state index contributed by atoms with van der Waals surface area (Å²) in [6.07, 6.45) is -2.32. The lowest BCUT2D eigenvalue weighted by Crippen LogP contribution is -2.46. The zero-order chi connectivity index (χ0) is 18.9. The Bertz CT molecular complexity index is 720. The molecule has 138 valence electrons. The lowest BCUT2D eigenvalue weighted by Gasteiger charge is -2.25. The Balaban J connectivity index is 2.24. The van der Waals surface area contributed by atoms with E-state index in [2.05, 4.69) is 10.2 Å². The number of benzene rings is 2. The molecule has 0 aliphatic rings. The Morgan fingerprint density at radius 1 is 1.12 bits per heavy atom. The standard InChI is InChI=1S/C18H20N2O6/c1-24-14-9-7-12(8-10-14)11-25-16(13-5-3-2-4-6-13)15(17(21)26-19)20-18(22)23/h2-10,15-16,20H,11,19H2,1H3,(H,22,23)/t15-,16-/m0/s1. The SMILES string of the molecule is COc1ccc(CO[C@@H](c2ccccc2)[C@H](NC(=O)O)C(=O)ON)cc1. The number of nitrogens with one attached hydrogen (secondary N) is 1. The number of nitrogens with two attached hydrogens (primary N) is 1. The third-order valence-electron chi connectivity index (χ3n) is 3.67. The van der Waals surface area contributed by atoms with Crippen LogP contribution in [0.15, 0.2) is 54.6 Å². The molecule has 0 heterocycles. The Kier molecular flexibility index (Phi) is 6.95. The fourth-order valence-electron chi connectivity index (χ4n) is 2.40. The monoisotopic (exact) mass is 360 g/mol. The third kappa shape index (κ3) is 5.20. The van der Waals surface area contributed by atoms with Crippen LogP contribution in [-0.4, -0.2) is 30.3 Å². The van der Waals surface area contributed by atoms with Crippen molar-refractivity contribution in [2.75, 3.05) is 7.11 Å². The minimum Gasteiger partial charge on any atom is -0.497 e. The summed E-state index contributed by atoms with van der Waals surface area (Å²) in [5, 5.41) is 11.1. The second kappa shape index (κ2) is 9.40. The lowest BCUT2D eigenvalue weighted by molar-refractivity contribution is -0.151. The number of methoxy groups -OCH3 is 1. The average Bonchev–Trinajstić information content (AvgIpc) is 2.67. The van der Waals surface area contributed by atoms with Crippen LogP contribution in [0.4, 0.5) is 4.79 Å². The van der Waals surface area contributed by atoms with E-state index in [4.69, 9.17) is 20.5 Å². The molecule has 8 nitrogen and oxygen atoms in total. The van der Waals surface area contributed by atoms with Crippen molar-refractivity contribution in [1.29, 1.82) is 0 Å². The predicted molar refractivity (Wildman–Crippen MR) is 92.2 cm³/mol. The first-order chi connectivity index (χ1) is 12.5. The topological polar surface area (TPSA) is 120 Å². The summed E-state index contributed by atoms with van der Waals surface area (Å²) >= 11 is 0. The molecular weight excluding hydrogens is 340 g/mol. The van der Waals surface area contributed by atoms with Gasteiger partial charge in [-0.2, -0.15) is 5.90 Å². The Labute approximate surface area is 150 Å². The molecule has 0 aromatic heterocycles. The fraction of sp³-hybridized carbons (Fsp3) is 0.222. The molecule has 0 radical (unpaired) electrons. The molecule has 0 aliphatic carbocycles. The van der Waals surface area contributed by atoms with E-state index >= 15 is 0 Å². The van der Waals surface area contributed by atoms with Crippen LogP contribution in [0.5, 0.6) is 5.75 Å². The van der Waals surface area contributed by atoms with Crippen LogP contribution in [-0.2, 0) is 21.0 Å². The first kappa shape index (κ1) is 19.2. The van der Waals surface area contributed by atoms with Gasteiger partial charge < -0.3 is 24.7 Å². The Morgan fingerprint density at radius 2 is 1.77 bits per heavy atom. The van der Waals surface area contributed by atoms with E-state index in [1.165, 1.54) is 0 Å². The second-order valence-electron chi connectivity index (χ2n) is 5.35. The van der Waals surface area contributed by atoms with Gasteiger partial charge in [0.15, 0.2) is 6.04 Å². The van der Waals surface area contributed by atoms with Crippen LogP contribution < -0.4 is 16.0 Å². The Hall–Kier alpha value is -3.10. The summed E-state index contributed by atoms with van der Waals surface area (Å²) in [4.78, 5) is 27.3. The third-order valence-corrected chi connectivity index (χ3v) is 3.67. The van der Waals surface area contributed by atoms with Crippen molar-refractivity contribution in [1.82, 2.24) is 5.32 Å². The van der Waals surface area contributed by atoms with Crippen LogP contribution in [0.1, 0.15) is 17.2 Å². The average molecular weight is 360 g/mol. The van der Waals surface area contributed by atoms with E-state index in [1.807, 2.05) is 12.1 Å². The predicted octanol–water partition coefficient (Wildman–Crippen LogP) is 2.01. The summed E-state index contributed by atoms with van der Waals surface area (Å²) < 4.78 is 11.0. The Morgan fingerprint density at radius 3 is 2.31 bits per heavy atom. The molecule has 26 heavy (non-hydrogen) atoms. The highest BCUT2D eigenvalue weighted by molar-refractivity contribution is 5.81. The summed E-state index contributed by atoms with van der Waals surface area (Å²) in [6.45, 7) is 0.138. The molecule has 4 N–H and O–H groups in total. The van der Waals surface area contributed by atoms with Gasteiger partial charge in [0.25, 0.3) is 0 Å². The van der Waals surface area contributed by atoms with E-state index in [9.17, 15) is 9.59 Å². The van der Waals surface area contributed by atoms with Gasteiger partial charge in [-0.25, -0.2) is 9.59 Å². The van der Waals surface area contributed by atoms with Crippen molar-refractivity contribution in [3.8, 4) is 5.75 Å². The molecular formula is C18H20N2O6. The van der Waals surface area contributed by atoms with Crippen molar-refractivity contribution in [3.05, 3.63) is 65.7 Å². The van der Waals surface area contributed by atoms with Crippen LogP contribution in [0.25, 0.3) is 0 Å². The molecule has 1 amide bonds. The minimum absolute atomic E-state index is 0.138. The largest absolute Gasteiger partial charge is 0.497 e. The van der Waals surface area contributed by atoms with Gasteiger partial charge in [0.05, 0.1) is 13.7 Å². The molecule has 0 saturated carbocycles. The van der Waals surface area contributed by atoms with Crippen molar-refractivity contribution < 1.29 is 29.0 Å². The number of hydrogen-bond donors (Lipinski definition) is 3. The first-order valence-electron chi connectivity index (χ1n) is 7.74. The van der Waals surface area contributed by atoms with Gasteiger partial charge in [-0.05, 0) is 23.3 Å². The minimum atomic E-state index is -1.39. The van der Waals surface area contributed by atoms with Gasteiger partial charge in [-0.1, -0.05) is 42.5 Å². The van der Waals surface area contributed by atoms with Crippen LogP contribution in [0, 0.1) is 0 Å². The normalized spacial score (nSPS) is 12.7. The van der Waals surface area contributed by atoms with E-state index in [0.29, 0.717) is 11.3 Å². The van der Waals surface area contributed by atoms with Crippen molar-refractivity contribution in [2.45, 2.75) is 18.8 Å². The van der Waals surface area contributed by atoms with Crippen LogP contribution in [0.2, 0.25) is 0 Å². The summed E-state index contributed by atoms with van der Waals surface area (Å²) in [5.41, 5.74) is 1.42. The number of ether oxygens (including phenoxy) is 2. The molecule has 0 spiro atoms. The number of hydrogen-bond acceptors (Lipinski definition) is 6. The maximum absolute atomic E-state index is 12.0. The molecule has 2 rings (SSSR count). The first-order valence-corrected chi connectivity index (χ1v) is 7.74. The summed E-state index contributed by atoms with van der Waals surface area (Å²) in [6, 6.07) is 14.6. The van der Waals surface area contributed by atoms with Gasteiger partial charge >= 0.3 is 12.1 Å². The number of carbonyl (C=O) groups is 2. The van der Waals surface area contributed by atoms with Crippen LogP contribution >= 0.6 is 0 Å². The lowest BCUT2D eigenvalue weighted by atomic mass is 10.0. The molecule has 2 aromatic carbocycles. The highest BCUT2D eigenvalue weighted by atomic mass is 16.7. The number of rotatable bonds is 8. The van der Waals surface area contributed by atoms with E-state index in [0.717, 1.165) is 5.56 Å². The van der Waals surface area contributed by atoms with Crippen molar-refractivity contribution in [2.24, 2.45) is 5.90 Å². The maximum atomic E-state index is 12.0. The van der Waals surface area contributed by atoms with Gasteiger partial charge in [0, 0.05) is 0 Å². The molecule has 0 aliphatic heterocycles. The number of amides is 1. The maximum Gasteiger partial charge on any atom is 0.405 e. The molecule has 0 unspecified atom stereocenters. The van der Waals surface area contributed by atoms with Crippen molar-refractivity contribution >= 4 is 12.1 Å². The molecule has 0 saturated heterocycles. The summed E-state index contributed by atoms with van der Waals surface area (Å²) in [5.74, 6) is 4.70. The van der Waals surface area contributed by atoms with Crippen LogP contribution in [0.3, 0.4) is 0 Å². The van der Waals surface area contributed by atoms with E-state index in [-0.39, 0.29) is 6.61 Å². The quantitative estimate of drug-likeness (QED) is 0.616. The fourth-order valence-corrected chi connectivity index (χ4v) is 2.40. The molecule has 0 bridgehead atoms. The highest BCUT2D eigenvalue weighted by Crippen LogP contribution is 2.24. The zero-order valence-electron chi connectivity index (χ0n) is 14.1. The van der Waals surface area contributed by atoms with Gasteiger partial charge in [0.1, 0.15) is 11.9 Å². The second-order valence-corrected chi connectivity index (χ2v) is 5.35. The van der Waals surface area contributed by atoms with Gasteiger partial charge in [0.2, 0.25) is 0 Å².